The van der Waals surface area contributed by atoms with E-state index in [2.05, 4.69) is 9.88 Å². The SMILES string of the molecule is O=C(c1cc(F)cc(F)c1)N1CCCC(c2ccnc(CCCN3CCCC3)n2)C1. The predicted molar refractivity (Wildman–Crippen MR) is 110 cm³/mol. The Kier molecular flexibility index (Phi) is 6.67. The van der Waals surface area contributed by atoms with Crippen molar-refractivity contribution in [1.82, 2.24) is 19.8 Å². The zero-order chi connectivity index (χ0) is 20.9. The quantitative estimate of drug-likeness (QED) is 0.721. The maximum absolute atomic E-state index is 13.5. The highest BCUT2D eigenvalue weighted by Crippen LogP contribution is 2.27. The van der Waals surface area contributed by atoms with Gasteiger partial charge in [0.1, 0.15) is 17.5 Å². The fourth-order valence-corrected chi connectivity index (χ4v) is 4.49. The van der Waals surface area contributed by atoms with Crippen molar-refractivity contribution in [3.8, 4) is 0 Å². The molecule has 160 valence electrons. The van der Waals surface area contributed by atoms with E-state index in [1.807, 2.05) is 6.07 Å². The molecule has 2 aliphatic heterocycles. The van der Waals surface area contributed by atoms with Crippen LogP contribution in [0.4, 0.5) is 8.78 Å². The van der Waals surface area contributed by atoms with Crippen molar-refractivity contribution in [3.05, 3.63) is 59.2 Å². The van der Waals surface area contributed by atoms with Gasteiger partial charge in [-0.2, -0.15) is 0 Å². The highest BCUT2D eigenvalue weighted by molar-refractivity contribution is 5.94. The minimum atomic E-state index is -0.735. The van der Waals surface area contributed by atoms with Gasteiger partial charge in [0, 0.05) is 48.9 Å². The Morgan fingerprint density at radius 3 is 2.60 bits per heavy atom. The fraction of sp³-hybridized carbons (Fsp3) is 0.522. The molecule has 4 rings (SSSR count). The standard InChI is InChI=1S/C23H28F2N4O/c24-19-13-18(14-20(25)15-19)23(30)29-12-3-5-17(16-29)21-7-8-26-22(27-21)6-4-11-28-9-1-2-10-28/h7-8,13-15,17H,1-6,9-12,16H2. The number of piperidine rings is 1. The van der Waals surface area contributed by atoms with Crippen LogP contribution in [0.15, 0.2) is 30.5 Å². The fourth-order valence-electron chi connectivity index (χ4n) is 4.49. The highest BCUT2D eigenvalue weighted by atomic mass is 19.1. The molecule has 0 spiro atoms. The first-order valence-corrected chi connectivity index (χ1v) is 10.9. The van der Waals surface area contributed by atoms with Gasteiger partial charge >= 0.3 is 0 Å². The second-order valence-electron chi connectivity index (χ2n) is 8.30. The van der Waals surface area contributed by atoms with Crippen LogP contribution in [0.5, 0.6) is 0 Å². The van der Waals surface area contributed by atoms with Crippen molar-refractivity contribution in [2.45, 2.75) is 44.4 Å². The van der Waals surface area contributed by atoms with Crippen LogP contribution in [0.25, 0.3) is 0 Å². The lowest BCUT2D eigenvalue weighted by Gasteiger charge is -2.32. The summed E-state index contributed by atoms with van der Waals surface area (Å²) < 4.78 is 27.0. The van der Waals surface area contributed by atoms with Crippen LogP contribution >= 0.6 is 0 Å². The Balaban J connectivity index is 1.38. The maximum Gasteiger partial charge on any atom is 0.254 e. The Morgan fingerprint density at radius 2 is 1.83 bits per heavy atom. The number of nitrogens with zero attached hydrogens (tertiary/aromatic N) is 4. The van der Waals surface area contributed by atoms with Gasteiger partial charge in [0.25, 0.3) is 5.91 Å². The Hall–Kier alpha value is -2.41. The third-order valence-corrected chi connectivity index (χ3v) is 6.04. The number of hydrogen-bond donors (Lipinski definition) is 0. The summed E-state index contributed by atoms with van der Waals surface area (Å²) in [7, 11) is 0. The van der Waals surface area contributed by atoms with E-state index in [4.69, 9.17) is 4.98 Å². The molecule has 5 nitrogen and oxygen atoms in total. The summed E-state index contributed by atoms with van der Waals surface area (Å²) in [4.78, 5) is 26.1. The molecular weight excluding hydrogens is 386 g/mol. The number of carbonyl (C=O) groups is 1. The average molecular weight is 415 g/mol. The molecule has 0 aliphatic carbocycles. The molecule has 1 atom stereocenters. The molecule has 7 heteroatoms. The van der Waals surface area contributed by atoms with E-state index in [0.29, 0.717) is 13.1 Å². The zero-order valence-electron chi connectivity index (χ0n) is 17.2. The molecule has 2 saturated heterocycles. The molecule has 30 heavy (non-hydrogen) atoms. The zero-order valence-corrected chi connectivity index (χ0v) is 17.2. The molecule has 2 aliphatic rings. The lowest BCUT2D eigenvalue weighted by atomic mass is 9.94. The molecule has 0 N–H and O–H groups in total. The summed E-state index contributed by atoms with van der Waals surface area (Å²) in [6.07, 6.45) is 8.06. The lowest BCUT2D eigenvalue weighted by molar-refractivity contribution is 0.0704. The minimum Gasteiger partial charge on any atom is -0.338 e. The molecule has 0 radical (unpaired) electrons. The summed E-state index contributed by atoms with van der Waals surface area (Å²) in [5.74, 6) is -0.843. The van der Waals surface area contributed by atoms with Gasteiger partial charge in [0.2, 0.25) is 0 Å². The summed E-state index contributed by atoms with van der Waals surface area (Å²) in [5, 5.41) is 0. The van der Waals surface area contributed by atoms with Gasteiger partial charge in [-0.25, -0.2) is 18.7 Å². The van der Waals surface area contributed by atoms with Gasteiger partial charge in [-0.1, -0.05) is 0 Å². The van der Waals surface area contributed by atoms with Crippen LogP contribution in [0, 0.1) is 11.6 Å². The van der Waals surface area contributed by atoms with Crippen molar-refractivity contribution in [2.24, 2.45) is 0 Å². The number of amides is 1. The largest absolute Gasteiger partial charge is 0.338 e. The van der Waals surface area contributed by atoms with E-state index >= 15 is 0 Å². The normalized spacial score (nSPS) is 19.9. The van der Waals surface area contributed by atoms with Crippen LogP contribution < -0.4 is 0 Å². The smallest absolute Gasteiger partial charge is 0.254 e. The predicted octanol–water partition coefficient (Wildman–Crippen LogP) is 3.80. The van der Waals surface area contributed by atoms with Crippen molar-refractivity contribution < 1.29 is 13.6 Å². The number of carbonyl (C=O) groups excluding carboxylic acids is 1. The van der Waals surface area contributed by atoms with Gasteiger partial charge in [0.05, 0.1) is 0 Å². The molecule has 3 heterocycles. The summed E-state index contributed by atoms with van der Waals surface area (Å²) in [5.41, 5.74) is 1.00. The Labute approximate surface area is 176 Å². The molecule has 2 fully saturated rings. The Bertz CT molecular complexity index is 865. The molecular formula is C23H28F2N4O. The van der Waals surface area contributed by atoms with Crippen LogP contribution in [-0.2, 0) is 6.42 Å². The van der Waals surface area contributed by atoms with Crippen LogP contribution in [0.2, 0.25) is 0 Å². The van der Waals surface area contributed by atoms with Crippen molar-refractivity contribution in [1.29, 1.82) is 0 Å². The van der Waals surface area contributed by atoms with Crippen molar-refractivity contribution >= 4 is 5.91 Å². The van der Waals surface area contributed by atoms with E-state index in [0.717, 1.165) is 61.9 Å². The van der Waals surface area contributed by atoms with Gasteiger partial charge < -0.3 is 9.80 Å². The third-order valence-electron chi connectivity index (χ3n) is 6.04. The monoisotopic (exact) mass is 414 g/mol. The second-order valence-corrected chi connectivity index (χ2v) is 8.30. The first-order chi connectivity index (χ1) is 14.6. The molecule has 0 saturated carbocycles. The molecule has 1 aromatic heterocycles. The van der Waals surface area contributed by atoms with Crippen LogP contribution in [0.3, 0.4) is 0 Å². The van der Waals surface area contributed by atoms with Crippen molar-refractivity contribution in [3.63, 3.8) is 0 Å². The number of likely N-dealkylation sites (tertiary alicyclic amines) is 2. The van der Waals surface area contributed by atoms with E-state index in [9.17, 15) is 13.6 Å². The lowest BCUT2D eigenvalue weighted by Crippen LogP contribution is -2.39. The summed E-state index contributed by atoms with van der Waals surface area (Å²) >= 11 is 0. The van der Waals surface area contributed by atoms with Crippen LogP contribution in [0.1, 0.15) is 59.9 Å². The first kappa shape index (κ1) is 20.8. The van der Waals surface area contributed by atoms with E-state index in [1.165, 1.54) is 25.9 Å². The molecule has 0 bridgehead atoms. The molecule has 1 aromatic carbocycles. The number of halogens is 2. The van der Waals surface area contributed by atoms with Gasteiger partial charge in [0.15, 0.2) is 0 Å². The van der Waals surface area contributed by atoms with E-state index in [1.54, 1.807) is 11.1 Å². The average Bonchev–Trinajstić information content (AvgIpc) is 3.26. The topological polar surface area (TPSA) is 49.3 Å². The molecule has 1 unspecified atom stereocenters. The van der Waals surface area contributed by atoms with Crippen molar-refractivity contribution in [2.75, 3.05) is 32.7 Å². The maximum atomic E-state index is 13.5. The van der Waals surface area contributed by atoms with E-state index in [-0.39, 0.29) is 17.4 Å². The third kappa shape index (κ3) is 5.19. The minimum absolute atomic E-state index is 0.0541. The summed E-state index contributed by atoms with van der Waals surface area (Å²) in [6.45, 7) is 4.57. The molecule has 2 aromatic rings. The number of aromatic nitrogens is 2. The number of rotatable bonds is 6. The summed E-state index contributed by atoms with van der Waals surface area (Å²) in [6, 6.07) is 4.89. The molecule has 1 amide bonds. The van der Waals surface area contributed by atoms with Crippen LogP contribution in [-0.4, -0.2) is 58.4 Å². The number of aryl methyl sites for hydroxylation is 1. The number of benzene rings is 1. The second kappa shape index (κ2) is 9.60. The van der Waals surface area contributed by atoms with Gasteiger partial charge in [-0.05, 0) is 69.9 Å². The van der Waals surface area contributed by atoms with Gasteiger partial charge in [-0.15, -0.1) is 0 Å². The first-order valence-electron chi connectivity index (χ1n) is 10.9. The highest BCUT2D eigenvalue weighted by Gasteiger charge is 2.27. The Morgan fingerprint density at radius 1 is 1.07 bits per heavy atom. The van der Waals surface area contributed by atoms with Gasteiger partial charge in [-0.3, -0.25) is 4.79 Å². The van der Waals surface area contributed by atoms with E-state index < -0.39 is 11.6 Å². The number of hydrogen-bond acceptors (Lipinski definition) is 4.